The van der Waals surface area contributed by atoms with E-state index in [0.717, 1.165) is 16.3 Å². The maximum atomic E-state index is 13.1. The fourth-order valence-electron chi connectivity index (χ4n) is 3.41. The summed E-state index contributed by atoms with van der Waals surface area (Å²) in [6, 6.07) is 12.7. The number of nitrogens with one attached hydrogen (secondary N) is 3. The number of benzene rings is 2. The van der Waals surface area contributed by atoms with Crippen molar-refractivity contribution in [2.75, 3.05) is 13.1 Å². The Morgan fingerprint density at radius 1 is 1.06 bits per heavy atom. The van der Waals surface area contributed by atoms with Crippen molar-refractivity contribution in [3.05, 3.63) is 48.0 Å². The van der Waals surface area contributed by atoms with E-state index in [0.29, 0.717) is 0 Å². The number of nitrogens with two attached hydrogens (primary N) is 1. The molecule has 2 aromatic rings. The Morgan fingerprint density at radius 3 is 2.32 bits per heavy atom. The molecule has 0 fully saturated rings. The van der Waals surface area contributed by atoms with Crippen molar-refractivity contribution < 1.29 is 19.5 Å². The first-order chi connectivity index (χ1) is 15.8. The number of rotatable bonds is 11. The van der Waals surface area contributed by atoms with Crippen LogP contribution in [0.1, 0.15) is 39.7 Å². The summed E-state index contributed by atoms with van der Waals surface area (Å²) in [7, 11) is 0. The molecule has 186 valence electrons. The van der Waals surface area contributed by atoms with Crippen LogP contribution in [0.25, 0.3) is 10.8 Å². The van der Waals surface area contributed by atoms with E-state index in [1.807, 2.05) is 42.5 Å². The highest BCUT2D eigenvalue weighted by Gasteiger charge is 2.34. The zero-order valence-electron chi connectivity index (χ0n) is 20.2. The Bertz CT molecular complexity index is 1020. The molecule has 0 aliphatic heterocycles. The predicted molar refractivity (Wildman–Crippen MR) is 134 cm³/mol. The minimum atomic E-state index is -1.28. The number of hydrogen-bond acceptors (Lipinski definition) is 5. The van der Waals surface area contributed by atoms with E-state index >= 15 is 0 Å². The summed E-state index contributed by atoms with van der Waals surface area (Å²) in [5.41, 5.74) is 4.99. The van der Waals surface area contributed by atoms with Crippen LogP contribution in [0.2, 0.25) is 0 Å². The highest BCUT2D eigenvalue weighted by Crippen LogP contribution is 2.19. The Hall–Kier alpha value is -2.68. The highest BCUT2D eigenvalue weighted by atomic mass is 35.5. The third-order valence-electron chi connectivity index (χ3n) is 5.26. The van der Waals surface area contributed by atoms with Crippen LogP contribution in [-0.2, 0) is 20.8 Å². The number of fused-ring (bicyclic) bond motifs is 1. The fraction of sp³-hybridized carbons (Fsp3) is 0.480. The van der Waals surface area contributed by atoms with Gasteiger partial charge in [-0.25, -0.2) is 0 Å². The van der Waals surface area contributed by atoms with Crippen LogP contribution >= 0.6 is 11.6 Å². The van der Waals surface area contributed by atoms with Crippen LogP contribution in [0.3, 0.4) is 0 Å². The van der Waals surface area contributed by atoms with Crippen molar-refractivity contribution in [1.82, 2.24) is 16.0 Å². The minimum Gasteiger partial charge on any atom is -0.390 e. The van der Waals surface area contributed by atoms with Crippen LogP contribution in [0.15, 0.2) is 42.5 Å². The molecule has 0 aromatic heterocycles. The summed E-state index contributed by atoms with van der Waals surface area (Å²) in [5, 5.41) is 19.9. The molecule has 9 heteroatoms. The Morgan fingerprint density at radius 2 is 1.71 bits per heavy atom. The zero-order chi connectivity index (χ0) is 25.5. The zero-order valence-corrected chi connectivity index (χ0v) is 20.9. The first kappa shape index (κ1) is 27.6. The Balaban J connectivity index is 2.19. The second kappa shape index (κ2) is 11.6. The third kappa shape index (κ3) is 8.59. The second-order valence-electron chi connectivity index (χ2n) is 9.62. The Labute approximate surface area is 205 Å². The van der Waals surface area contributed by atoms with Gasteiger partial charge in [0.1, 0.15) is 11.6 Å². The van der Waals surface area contributed by atoms with E-state index in [1.54, 1.807) is 27.7 Å². The molecule has 2 aromatic carbocycles. The van der Waals surface area contributed by atoms with Gasteiger partial charge in [0.15, 0.2) is 0 Å². The highest BCUT2D eigenvalue weighted by molar-refractivity contribution is 6.24. The molecule has 0 bridgehead atoms. The molecule has 3 amide bonds. The van der Waals surface area contributed by atoms with E-state index in [1.165, 1.54) is 0 Å². The molecule has 0 heterocycles. The normalized spacial score (nSPS) is 13.7. The van der Waals surface area contributed by atoms with Gasteiger partial charge in [0.05, 0.1) is 6.10 Å². The maximum Gasteiger partial charge on any atom is 0.245 e. The van der Waals surface area contributed by atoms with Gasteiger partial charge in [0.25, 0.3) is 0 Å². The topological polar surface area (TPSA) is 134 Å². The average molecular weight is 491 g/mol. The van der Waals surface area contributed by atoms with Gasteiger partial charge in [-0.2, -0.15) is 0 Å². The molecule has 2 atom stereocenters. The van der Waals surface area contributed by atoms with Crippen LogP contribution in [-0.4, -0.2) is 58.5 Å². The number of aliphatic hydroxyl groups excluding tert-OH is 1. The largest absolute Gasteiger partial charge is 0.390 e. The van der Waals surface area contributed by atoms with Crippen molar-refractivity contribution in [3.63, 3.8) is 0 Å². The molecule has 34 heavy (non-hydrogen) atoms. The molecule has 0 saturated carbocycles. The molecule has 2 rings (SSSR count). The van der Waals surface area contributed by atoms with E-state index in [-0.39, 0.29) is 31.8 Å². The molecule has 8 nitrogen and oxygen atoms in total. The number of hydrogen-bond donors (Lipinski definition) is 5. The molecule has 0 aliphatic rings. The lowest BCUT2D eigenvalue weighted by atomic mass is 9.98. The van der Waals surface area contributed by atoms with Gasteiger partial charge in [-0.05, 0) is 44.0 Å². The van der Waals surface area contributed by atoms with E-state index in [4.69, 9.17) is 17.3 Å². The quantitative estimate of drug-likeness (QED) is 0.305. The lowest BCUT2D eigenvalue weighted by molar-refractivity contribution is -0.135. The van der Waals surface area contributed by atoms with Crippen LogP contribution in [0, 0.1) is 0 Å². The molecule has 0 aliphatic carbocycles. The molecular weight excluding hydrogens is 456 g/mol. The number of carbonyl (C=O) groups excluding carboxylic acids is 3. The predicted octanol–water partition coefficient (Wildman–Crippen LogP) is 1.61. The maximum absolute atomic E-state index is 13.1. The number of amides is 3. The summed E-state index contributed by atoms with van der Waals surface area (Å²) in [5.74, 6) is -1.35. The van der Waals surface area contributed by atoms with Crippen molar-refractivity contribution in [2.45, 2.75) is 63.1 Å². The van der Waals surface area contributed by atoms with Gasteiger partial charge in [0.2, 0.25) is 17.7 Å². The average Bonchev–Trinajstić information content (AvgIpc) is 2.74. The number of halogens is 1. The van der Waals surface area contributed by atoms with Gasteiger partial charge in [0, 0.05) is 30.8 Å². The van der Waals surface area contributed by atoms with Crippen molar-refractivity contribution >= 4 is 40.1 Å². The van der Waals surface area contributed by atoms with Crippen molar-refractivity contribution in [3.8, 4) is 0 Å². The summed E-state index contributed by atoms with van der Waals surface area (Å²) in [6.07, 6.45) is -0.640. The first-order valence-corrected chi connectivity index (χ1v) is 11.6. The van der Waals surface area contributed by atoms with Crippen LogP contribution in [0.5, 0.6) is 0 Å². The van der Waals surface area contributed by atoms with Crippen LogP contribution in [0.4, 0.5) is 0 Å². The molecule has 6 N–H and O–H groups in total. The third-order valence-corrected chi connectivity index (χ3v) is 5.39. The van der Waals surface area contributed by atoms with E-state index in [2.05, 4.69) is 16.0 Å². The SMILES string of the molecule is CC(C)(Cl)CC(=O)NC(C)(C)C(=O)NC(Cc1ccc2ccccc2c1)C(=O)NC[C@H](O)CN. The van der Waals surface area contributed by atoms with Gasteiger partial charge in [-0.1, -0.05) is 42.5 Å². The van der Waals surface area contributed by atoms with Crippen LogP contribution < -0.4 is 21.7 Å². The van der Waals surface area contributed by atoms with Gasteiger partial charge in [-0.15, -0.1) is 11.6 Å². The minimum absolute atomic E-state index is 0.00202. The van der Waals surface area contributed by atoms with E-state index in [9.17, 15) is 19.5 Å². The summed E-state index contributed by atoms with van der Waals surface area (Å²) >= 11 is 6.12. The molecule has 1 unspecified atom stereocenters. The fourth-order valence-corrected chi connectivity index (χ4v) is 3.53. The monoisotopic (exact) mass is 490 g/mol. The van der Waals surface area contributed by atoms with Gasteiger partial charge in [-0.3, -0.25) is 14.4 Å². The lowest BCUT2D eigenvalue weighted by Crippen LogP contribution is -2.60. The lowest BCUT2D eigenvalue weighted by Gasteiger charge is -2.29. The molecule has 0 radical (unpaired) electrons. The molecule has 0 spiro atoms. The van der Waals surface area contributed by atoms with Gasteiger partial charge < -0.3 is 26.8 Å². The summed E-state index contributed by atoms with van der Waals surface area (Å²) in [4.78, 5) is 37.6. The smallest absolute Gasteiger partial charge is 0.245 e. The van der Waals surface area contributed by atoms with Crippen molar-refractivity contribution in [2.24, 2.45) is 5.73 Å². The Kier molecular flexibility index (Phi) is 9.44. The number of aliphatic hydroxyl groups is 1. The number of carbonyl (C=O) groups is 3. The van der Waals surface area contributed by atoms with Crippen molar-refractivity contribution in [1.29, 1.82) is 0 Å². The molecule has 0 saturated heterocycles. The summed E-state index contributed by atoms with van der Waals surface area (Å²) in [6.45, 7) is 6.50. The number of alkyl halides is 1. The standard InChI is InChI=1S/C25H35ClN4O4/c1-24(2,26)13-21(32)30-25(3,4)23(34)29-20(22(33)28-15-19(31)14-27)12-16-9-10-17-7-5-6-8-18(17)11-16/h5-11,19-20,31H,12-15,27H2,1-4H3,(H,28,33)(H,29,34)(H,30,32)/t19-,20?/m1/s1. The second-order valence-corrected chi connectivity index (χ2v) is 10.6. The van der Waals surface area contributed by atoms with E-state index < -0.39 is 34.4 Å². The first-order valence-electron chi connectivity index (χ1n) is 11.2. The summed E-state index contributed by atoms with van der Waals surface area (Å²) < 4.78 is 0. The molecular formula is C25H35ClN4O4. The van der Waals surface area contributed by atoms with Gasteiger partial charge >= 0.3 is 0 Å².